The Balaban J connectivity index is 2.75. The van der Waals surface area contributed by atoms with Crippen molar-refractivity contribution in [2.75, 3.05) is 11.9 Å². The van der Waals surface area contributed by atoms with Gasteiger partial charge in [0.2, 0.25) is 5.91 Å². The topological polar surface area (TPSA) is 20.3 Å². The second-order valence-electron chi connectivity index (χ2n) is 4.12. The molecule has 0 saturated carbocycles. The van der Waals surface area contributed by atoms with E-state index in [1.165, 1.54) is 3.57 Å². The smallest absolute Gasteiger partial charge is 0.236 e. The van der Waals surface area contributed by atoms with Crippen LogP contribution < -0.4 is 4.90 Å². The lowest BCUT2D eigenvalue weighted by Gasteiger charge is -2.17. The first-order valence-corrected chi connectivity index (χ1v) is 5.61. The summed E-state index contributed by atoms with van der Waals surface area (Å²) in [6.45, 7) is 3.97. The van der Waals surface area contributed by atoms with Crippen LogP contribution in [-0.2, 0) is 10.2 Å². The van der Waals surface area contributed by atoms with Crippen LogP contribution in [-0.4, -0.2) is 13.0 Å². The Morgan fingerprint density at radius 3 is 2.57 bits per heavy atom. The summed E-state index contributed by atoms with van der Waals surface area (Å²) in [7, 11) is 1.84. The quantitative estimate of drug-likeness (QED) is 0.674. The van der Waals surface area contributed by atoms with Gasteiger partial charge in [-0.15, -0.1) is 0 Å². The predicted molar refractivity (Wildman–Crippen MR) is 65.6 cm³/mol. The molecule has 14 heavy (non-hydrogen) atoms. The van der Waals surface area contributed by atoms with Crippen LogP contribution in [0.3, 0.4) is 0 Å². The molecule has 0 bridgehead atoms. The van der Waals surface area contributed by atoms with E-state index < -0.39 is 0 Å². The van der Waals surface area contributed by atoms with Crippen molar-refractivity contribution in [1.82, 2.24) is 0 Å². The summed E-state index contributed by atoms with van der Waals surface area (Å²) in [4.78, 5) is 13.7. The van der Waals surface area contributed by atoms with Crippen LogP contribution in [0.5, 0.6) is 0 Å². The van der Waals surface area contributed by atoms with Gasteiger partial charge in [-0.2, -0.15) is 0 Å². The van der Waals surface area contributed by atoms with Crippen molar-refractivity contribution in [3.05, 3.63) is 27.3 Å². The van der Waals surface area contributed by atoms with Crippen LogP contribution in [0.15, 0.2) is 18.2 Å². The Hall–Kier alpha value is -0.580. The number of amides is 1. The first kappa shape index (κ1) is 9.96. The van der Waals surface area contributed by atoms with Crippen LogP contribution in [0.4, 0.5) is 5.69 Å². The Bertz CT molecular complexity index is 412. The Labute approximate surface area is 97.4 Å². The maximum absolute atomic E-state index is 12.0. The third kappa shape index (κ3) is 1.11. The van der Waals surface area contributed by atoms with Gasteiger partial charge in [-0.1, -0.05) is 6.07 Å². The SMILES string of the molecule is CN1C(=O)C(C)(C)c2c(I)cccc21. The van der Waals surface area contributed by atoms with Crippen LogP contribution >= 0.6 is 22.6 Å². The van der Waals surface area contributed by atoms with Gasteiger partial charge in [0.25, 0.3) is 0 Å². The number of fused-ring (bicyclic) bond motifs is 1. The van der Waals surface area contributed by atoms with Crippen LogP contribution in [0, 0.1) is 3.57 Å². The van der Waals surface area contributed by atoms with Gasteiger partial charge in [-0.05, 0) is 48.6 Å². The second-order valence-corrected chi connectivity index (χ2v) is 5.29. The molecule has 0 unspecified atom stereocenters. The van der Waals surface area contributed by atoms with Gasteiger partial charge in [-0.3, -0.25) is 4.79 Å². The van der Waals surface area contributed by atoms with Gasteiger partial charge >= 0.3 is 0 Å². The van der Waals surface area contributed by atoms with E-state index in [1.54, 1.807) is 4.90 Å². The molecule has 1 aliphatic rings. The number of likely N-dealkylation sites (N-methyl/N-ethyl adjacent to an activating group) is 1. The van der Waals surface area contributed by atoms with E-state index in [9.17, 15) is 4.79 Å². The van der Waals surface area contributed by atoms with Crippen LogP contribution in [0.2, 0.25) is 0 Å². The summed E-state index contributed by atoms with van der Waals surface area (Å²) < 4.78 is 1.17. The highest BCUT2D eigenvalue weighted by Crippen LogP contribution is 2.42. The molecule has 0 spiro atoms. The highest BCUT2D eigenvalue weighted by Gasteiger charge is 2.43. The molecule has 2 nitrogen and oxygen atoms in total. The van der Waals surface area contributed by atoms with Crippen molar-refractivity contribution in [2.24, 2.45) is 0 Å². The highest BCUT2D eigenvalue weighted by atomic mass is 127. The zero-order valence-electron chi connectivity index (χ0n) is 8.47. The normalized spacial score (nSPS) is 18.6. The van der Waals surface area contributed by atoms with Gasteiger partial charge in [0.15, 0.2) is 0 Å². The molecule has 74 valence electrons. The lowest BCUT2D eigenvalue weighted by molar-refractivity contribution is -0.121. The predicted octanol–water partition coefficient (Wildman–Crippen LogP) is 2.55. The lowest BCUT2D eigenvalue weighted by atomic mass is 9.86. The number of benzene rings is 1. The number of hydrogen-bond donors (Lipinski definition) is 0. The fourth-order valence-corrected chi connectivity index (χ4v) is 3.20. The molecular weight excluding hydrogens is 289 g/mol. The first-order valence-electron chi connectivity index (χ1n) is 4.53. The monoisotopic (exact) mass is 301 g/mol. The molecule has 0 aromatic heterocycles. The molecular formula is C11H12INO. The average molecular weight is 301 g/mol. The van der Waals surface area contributed by atoms with E-state index in [1.807, 2.05) is 39.1 Å². The second kappa shape index (κ2) is 2.95. The zero-order valence-corrected chi connectivity index (χ0v) is 10.6. The minimum Gasteiger partial charge on any atom is -0.314 e. The molecule has 2 rings (SSSR count). The van der Waals surface area contributed by atoms with E-state index in [0.29, 0.717) is 0 Å². The number of anilines is 1. The van der Waals surface area contributed by atoms with Gasteiger partial charge in [0, 0.05) is 21.9 Å². The minimum atomic E-state index is -0.373. The van der Waals surface area contributed by atoms with Crippen molar-refractivity contribution < 1.29 is 4.79 Å². The van der Waals surface area contributed by atoms with Crippen LogP contribution in [0.1, 0.15) is 19.4 Å². The van der Waals surface area contributed by atoms with E-state index >= 15 is 0 Å². The maximum atomic E-state index is 12.0. The summed E-state index contributed by atoms with van der Waals surface area (Å²) >= 11 is 2.29. The number of halogens is 1. The fraction of sp³-hybridized carbons (Fsp3) is 0.364. The first-order chi connectivity index (χ1) is 6.46. The van der Waals surface area contributed by atoms with E-state index in [-0.39, 0.29) is 11.3 Å². The van der Waals surface area contributed by atoms with E-state index in [4.69, 9.17) is 0 Å². The van der Waals surface area contributed by atoms with Crippen molar-refractivity contribution in [3.63, 3.8) is 0 Å². The number of carbonyl (C=O) groups excluding carboxylic acids is 1. The number of rotatable bonds is 0. The maximum Gasteiger partial charge on any atom is 0.236 e. The standard InChI is InChI=1S/C11H12INO/c1-11(2)9-7(12)5-4-6-8(9)13(3)10(11)14/h4-6H,1-3H3. The van der Waals surface area contributed by atoms with E-state index in [2.05, 4.69) is 22.6 Å². The van der Waals surface area contributed by atoms with E-state index in [0.717, 1.165) is 11.3 Å². The van der Waals surface area contributed by atoms with Gasteiger partial charge in [0.1, 0.15) is 0 Å². The average Bonchev–Trinajstić information content (AvgIpc) is 2.29. The molecule has 1 heterocycles. The van der Waals surface area contributed by atoms with Gasteiger partial charge in [-0.25, -0.2) is 0 Å². The molecule has 3 heteroatoms. The third-order valence-electron chi connectivity index (χ3n) is 2.82. The number of nitrogens with zero attached hydrogens (tertiary/aromatic N) is 1. The van der Waals surface area contributed by atoms with Gasteiger partial charge < -0.3 is 4.90 Å². The highest BCUT2D eigenvalue weighted by molar-refractivity contribution is 14.1. The lowest BCUT2D eigenvalue weighted by Crippen LogP contribution is -2.33. The Kier molecular flexibility index (Phi) is 2.10. The van der Waals surface area contributed by atoms with Crippen molar-refractivity contribution in [2.45, 2.75) is 19.3 Å². The Morgan fingerprint density at radius 1 is 1.36 bits per heavy atom. The minimum absolute atomic E-state index is 0.177. The Morgan fingerprint density at radius 2 is 2.00 bits per heavy atom. The molecule has 1 aromatic carbocycles. The molecule has 1 aromatic rings. The summed E-state index contributed by atoms with van der Waals surface area (Å²) in [6, 6.07) is 6.05. The molecule has 0 saturated heterocycles. The van der Waals surface area contributed by atoms with Crippen molar-refractivity contribution in [1.29, 1.82) is 0 Å². The number of carbonyl (C=O) groups is 1. The van der Waals surface area contributed by atoms with Crippen LogP contribution in [0.25, 0.3) is 0 Å². The van der Waals surface area contributed by atoms with Gasteiger partial charge in [0.05, 0.1) is 5.41 Å². The molecule has 0 fully saturated rings. The molecule has 1 aliphatic heterocycles. The number of hydrogen-bond acceptors (Lipinski definition) is 1. The molecule has 0 N–H and O–H groups in total. The fourth-order valence-electron chi connectivity index (χ4n) is 2.05. The largest absolute Gasteiger partial charge is 0.314 e. The van der Waals surface area contributed by atoms with Crippen molar-refractivity contribution >= 4 is 34.2 Å². The third-order valence-corrected chi connectivity index (χ3v) is 3.72. The van der Waals surface area contributed by atoms with Crippen molar-refractivity contribution in [3.8, 4) is 0 Å². The summed E-state index contributed by atoms with van der Waals surface area (Å²) in [5.41, 5.74) is 1.84. The summed E-state index contributed by atoms with van der Waals surface area (Å²) in [5.74, 6) is 0.177. The molecule has 0 aliphatic carbocycles. The zero-order chi connectivity index (χ0) is 10.5. The molecule has 1 amide bonds. The molecule has 0 atom stereocenters. The summed E-state index contributed by atoms with van der Waals surface area (Å²) in [6.07, 6.45) is 0. The molecule has 0 radical (unpaired) electrons. The summed E-state index contributed by atoms with van der Waals surface area (Å²) in [5, 5.41) is 0.